The van der Waals surface area contributed by atoms with E-state index in [2.05, 4.69) is 101 Å². The summed E-state index contributed by atoms with van der Waals surface area (Å²) in [6.45, 7) is 16.1. The lowest BCUT2D eigenvalue weighted by atomic mass is 9.80. The number of hydrogen-bond acceptors (Lipinski definition) is 5. The summed E-state index contributed by atoms with van der Waals surface area (Å²) in [7, 11) is 0. The number of carbonyl (C=O) groups excluding carboxylic acids is 1. The summed E-state index contributed by atoms with van der Waals surface area (Å²) >= 11 is 5.21. The molecule has 3 rings (SSSR count). The minimum absolute atomic E-state index is 0.0523. The molecular formula is C29H40N2O3S. The Morgan fingerprint density at radius 1 is 0.971 bits per heavy atom. The third-order valence-corrected chi connectivity index (χ3v) is 6.75. The van der Waals surface area contributed by atoms with Crippen molar-refractivity contribution in [3.63, 3.8) is 0 Å². The number of ether oxygens (including phenoxy) is 2. The molecule has 6 heteroatoms. The smallest absolute Gasteiger partial charge is 0.414 e. The van der Waals surface area contributed by atoms with E-state index in [0.717, 1.165) is 6.42 Å². The molecule has 190 valence electrons. The van der Waals surface area contributed by atoms with Gasteiger partial charge in [0, 0.05) is 24.9 Å². The number of alkyl carbamates (subject to hydrolysis) is 1. The maximum atomic E-state index is 11.6. The lowest BCUT2D eigenvalue weighted by Gasteiger charge is -2.27. The van der Waals surface area contributed by atoms with E-state index in [9.17, 15) is 4.79 Å². The quantitative estimate of drug-likeness (QED) is 0.483. The molecule has 1 aliphatic heterocycles. The average Bonchev–Trinajstić information content (AvgIpc) is 3.21. The van der Waals surface area contributed by atoms with Crippen LogP contribution in [0.5, 0.6) is 0 Å². The Balaban J connectivity index is 1.82. The highest BCUT2D eigenvalue weighted by atomic mass is 32.1. The fourth-order valence-corrected chi connectivity index (χ4v) is 4.77. The normalized spacial score (nSPS) is 18.4. The van der Waals surface area contributed by atoms with E-state index in [-0.39, 0.29) is 40.7 Å². The van der Waals surface area contributed by atoms with Crippen LogP contribution < -0.4 is 10.6 Å². The Hall–Kier alpha value is -2.44. The van der Waals surface area contributed by atoms with Crippen molar-refractivity contribution in [1.82, 2.24) is 10.6 Å². The van der Waals surface area contributed by atoms with Gasteiger partial charge in [0.15, 0.2) is 0 Å². The monoisotopic (exact) mass is 496 g/mol. The van der Waals surface area contributed by atoms with Crippen molar-refractivity contribution in [2.24, 2.45) is 0 Å². The summed E-state index contributed by atoms with van der Waals surface area (Å²) in [6.07, 6.45) is 0.0625. The van der Waals surface area contributed by atoms with Gasteiger partial charge in [-0.05, 0) is 52.2 Å². The molecule has 0 radical (unpaired) electrons. The van der Waals surface area contributed by atoms with Crippen LogP contribution >= 0.6 is 12.2 Å². The second-order valence-corrected chi connectivity index (χ2v) is 11.7. The first-order valence-electron chi connectivity index (χ1n) is 12.5. The standard InChI is InChI=1S/C29H40N2O3S/c1-8-33-26(32)31-27(35)34-23-17-24(30-18-23)25(19-9-13-21(14-10-19)28(2,3)4)20-11-15-22(16-12-20)29(5,6)7/h9-16,23-25,30H,8,17-18H2,1-7H3,(H,31,32,35)/t23-,24-/m1/s1. The van der Waals surface area contributed by atoms with E-state index in [4.69, 9.17) is 21.7 Å². The molecule has 0 aromatic heterocycles. The number of amides is 1. The number of nitrogens with one attached hydrogen (secondary N) is 2. The maximum absolute atomic E-state index is 11.6. The van der Waals surface area contributed by atoms with E-state index < -0.39 is 6.09 Å². The van der Waals surface area contributed by atoms with Gasteiger partial charge in [-0.15, -0.1) is 0 Å². The first-order valence-corrected chi connectivity index (χ1v) is 12.9. The highest BCUT2D eigenvalue weighted by Crippen LogP contribution is 2.35. The minimum Gasteiger partial charge on any atom is -0.466 e. The second-order valence-electron chi connectivity index (χ2n) is 11.3. The fourth-order valence-electron chi connectivity index (χ4n) is 4.55. The lowest BCUT2D eigenvalue weighted by molar-refractivity contribution is 0.150. The predicted molar refractivity (Wildman–Crippen MR) is 146 cm³/mol. The molecule has 2 aromatic rings. The molecule has 0 bridgehead atoms. The van der Waals surface area contributed by atoms with Crippen molar-refractivity contribution in [2.45, 2.75) is 83.8 Å². The molecule has 1 heterocycles. The maximum Gasteiger partial charge on any atom is 0.414 e. The molecule has 2 N–H and O–H groups in total. The van der Waals surface area contributed by atoms with Crippen molar-refractivity contribution >= 4 is 23.5 Å². The number of thiocarbonyl (C=S) groups is 1. The van der Waals surface area contributed by atoms with Crippen molar-refractivity contribution in [1.29, 1.82) is 0 Å². The molecule has 2 atom stereocenters. The van der Waals surface area contributed by atoms with Gasteiger partial charge in [0.1, 0.15) is 6.10 Å². The van der Waals surface area contributed by atoms with Crippen LogP contribution in [0.4, 0.5) is 4.79 Å². The zero-order valence-electron chi connectivity index (χ0n) is 22.1. The van der Waals surface area contributed by atoms with Crippen LogP contribution in [0.3, 0.4) is 0 Å². The third-order valence-electron chi connectivity index (χ3n) is 6.55. The van der Waals surface area contributed by atoms with Crippen LogP contribution in [0, 0.1) is 0 Å². The Labute approximate surface area is 216 Å². The van der Waals surface area contributed by atoms with Gasteiger partial charge in [-0.3, -0.25) is 5.32 Å². The van der Waals surface area contributed by atoms with Crippen LogP contribution in [0.25, 0.3) is 0 Å². The third kappa shape index (κ3) is 7.28. The van der Waals surface area contributed by atoms with E-state index in [1.165, 1.54) is 22.3 Å². The van der Waals surface area contributed by atoms with Gasteiger partial charge in [0.05, 0.1) is 6.61 Å². The molecule has 0 spiro atoms. The average molecular weight is 497 g/mol. The largest absolute Gasteiger partial charge is 0.466 e. The van der Waals surface area contributed by atoms with Gasteiger partial charge in [-0.2, -0.15) is 0 Å². The number of hydrogen-bond donors (Lipinski definition) is 2. The lowest BCUT2D eigenvalue weighted by Crippen LogP contribution is -2.34. The van der Waals surface area contributed by atoms with Gasteiger partial charge in [-0.25, -0.2) is 4.79 Å². The molecule has 0 unspecified atom stereocenters. The Morgan fingerprint density at radius 3 is 1.89 bits per heavy atom. The van der Waals surface area contributed by atoms with E-state index in [1.807, 2.05) is 0 Å². The van der Waals surface area contributed by atoms with E-state index in [0.29, 0.717) is 6.54 Å². The van der Waals surface area contributed by atoms with Crippen molar-refractivity contribution < 1.29 is 14.3 Å². The highest BCUT2D eigenvalue weighted by molar-refractivity contribution is 7.80. The fraction of sp³-hybridized carbons (Fsp3) is 0.517. The summed E-state index contributed by atoms with van der Waals surface area (Å²) in [5.41, 5.74) is 5.39. The van der Waals surface area contributed by atoms with Crippen LogP contribution in [0.2, 0.25) is 0 Å². The zero-order chi connectivity index (χ0) is 25.8. The van der Waals surface area contributed by atoms with Crippen LogP contribution in [-0.4, -0.2) is 36.6 Å². The van der Waals surface area contributed by atoms with Crippen molar-refractivity contribution in [3.05, 3.63) is 70.8 Å². The summed E-state index contributed by atoms with van der Waals surface area (Å²) in [5, 5.41) is 6.18. The molecule has 1 saturated heterocycles. The zero-order valence-corrected chi connectivity index (χ0v) is 22.9. The molecule has 0 saturated carbocycles. The van der Waals surface area contributed by atoms with Crippen LogP contribution in [-0.2, 0) is 20.3 Å². The molecule has 2 aromatic carbocycles. The summed E-state index contributed by atoms with van der Waals surface area (Å²) < 4.78 is 10.8. The molecule has 5 nitrogen and oxygen atoms in total. The number of benzene rings is 2. The molecule has 0 aliphatic carbocycles. The van der Waals surface area contributed by atoms with Gasteiger partial charge >= 0.3 is 6.09 Å². The molecular weight excluding hydrogens is 456 g/mol. The first kappa shape index (κ1) is 27.2. The SMILES string of the molecule is CCOC(=O)NC(=S)O[C@H]1CN[C@@H](C(c2ccc(C(C)(C)C)cc2)c2ccc(C(C)(C)C)cc2)C1. The molecule has 1 fully saturated rings. The Bertz CT molecular complexity index is 947. The summed E-state index contributed by atoms with van der Waals surface area (Å²) in [6, 6.07) is 18.2. The summed E-state index contributed by atoms with van der Waals surface area (Å²) in [4.78, 5) is 11.6. The Morgan fingerprint density at radius 2 is 1.46 bits per heavy atom. The molecule has 1 amide bonds. The summed E-state index contributed by atoms with van der Waals surface area (Å²) in [5.74, 6) is 0.165. The van der Waals surface area contributed by atoms with Gasteiger partial charge < -0.3 is 14.8 Å². The predicted octanol–water partition coefficient (Wildman–Crippen LogP) is 6.19. The number of rotatable bonds is 5. The van der Waals surface area contributed by atoms with Crippen LogP contribution in [0.1, 0.15) is 83.1 Å². The van der Waals surface area contributed by atoms with Crippen molar-refractivity contribution in [2.75, 3.05) is 13.2 Å². The van der Waals surface area contributed by atoms with Gasteiger partial charge in [0.2, 0.25) is 0 Å². The van der Waals surface area contributed by atoms with E-state index >= 15 is 0 Å². The minimum atomic E-state index is -0.587. The number of carbonyl (C=O) groups is 1. The second kappa shape index (κ2) is 11.1. The topological polar surface area (TPSA) is 59.6 Å². The van der Waals surface area contributed by atoms with E-state index in [1.54, 1.807) is 6.92 Å². The molecule has 1 aliphatic rings. The highest BCUT2D eigenvalue weighted by Gasteiger charge is 2.34. The van der Waals surface area contributed by atoms with Crippen molar-refractivity contribution in [3.8, 4) is 0 Å². The van der Waals surface area contributed by atoms with Gasteiger partial charge in [-0.1, -0.05) is 90.1 Å². The Kier molecular flexibility index (Phi) is 8.60. The first-order chi connectivity index (χ1) is 16.4. The van der Waals surface area contributed by atoms with Gasteiger partial charge in [0.25, 0.3) is 5.17 Å². The van der Waals surface area contributed by atoms with Crippen LogP contribution in [0.15, 0.2) is 48.5 Å². The molecule has 35 heavy (non-hydrogen) atoms.